The molecule has 1 atom stereocenters. The summed E-state index contributed by atoms with van der Waals surface area (Å²) in [4.78, 5) is 10.7. The van der Waals surface area contributed by atoms with Crippen LogP contribution in [0.15, 0.2) is 18.5 Å². The van der Waals surface area contributed by atoms with Gasteiger partial charge in [0.25, 0.3) is 0 Å². The lowest BCUT2D eigenvalue weighted by atomic mass is 10.0. The Morgan fingerprint density at radius 2 is 2.14 bits per heavy atom. The van der Waals surface area contributed by atoms with E-state index in [-0.39, 0.29) is 0 Å². The number of nitrogens with two attached hydrogens (primary N) is 1. The average molecular weight is 192 g/mol. The first-order chi connectivity index (χ1) is 6.92. The van der Waals surface area contributed by atoms with Gasteiger partial charge in [-0.2, -0.15) is 0 Å². The summed E-state index contributed by atoms with van der Waals surface area (Å²) in [6.45, 7) is 1.73. The second-order valence-corrected chi connectivity index (χ2v) is 3.63. The van der Waals surface area contributed by atoms with Crippen LogP contribution in [-0.2, 0) is 0 Å². The number of nitrogens with zero attached hydrogens (tertiary/aromatic N) is 3. The van der Waals surface area contributed by atoms with Gasteiger partial charge in [-0.25, -0.2) is 9.97 Å². The van der Waals surface area contributed by atoms with Gasteiger partial charge in [-0.15, -0.1) is 0 Å². The Morgan fingerprint density at radius 3 is 2.86 bits per heavy atom. The number of hydrogen-bond acceptors (Lipinski definition) is 4. The van der Waals surface area contributed by atoms with Crippen molar-refractivity contribution in [3.05, 3.63) is 18.5 Å². The maximum absolute atomic E-state index is 5.73. The molecular formula is C10H16N4. The fourth-order valence-electron chi connectivity index (χ4n) is 1.95. The van der Waals surface area contributed by atoms with E-state index in [1.165, 1.54) is 12.8 Å². The molecule has 1 aliphatic heterocycles. The highest BCUT2D eigenvalue weighted by molar-refractivity contribution is 5.31. The van der Waals surface area contributed by atoms with Gasteiger partial charge in [0.15, 0.2) is 0 Å². The van der Waals surface area contributed by atoms with Crippen LogP contribution in [0.2, 0.25) is 0 Å². The van der Waals surface area contributed by atoms with E-state index in [4.69, 9.17) is 5.73 Å². The minimum atomic E-state index is 0.422. The highest BCUT2D eigenvalue weighted by atomic mass is 15.3. The van der Waals surface area contributed by atoms with E-state index in [9.17, 15) is 0 Å². The van der Waals surface area contributed by atoms with Crippen molar-refractivity contribution in [2.75, 3.05) is 18.0 Å². The molecule has 76 valence electrons. The highest BCUT2D eigenvalue weighted by Crippen LogP contribution is 2.20. The Bertz CT molecular complexity index is 275. The number of piperidine rings is 1. The normalized spacial score (nSPS) is 22.4. The summed E-state index contributed by atoms with van der Waals surface area (Å²) in [5.74, 6) is 0.822. The lowest BCUT2D eigenvalue weighted by molar-refractivity contribution is 0.458. The Labute approximate surface area is 84.2 Å². The quantitative estimate of drug-likeness (QED) is 0.753. The van der Waals surface area contributed by atoms with Gasteiger partial charge in [-0.3, -0.25) is 0 Å². The Balaban J connectivity index is 2.15. The Morgan fingerprint density at radius 1 is 1.36 bits per heavy atom. The summed E-state index contributed by atoms with van der Waals surface area (Å²) in [5, 5.41) is 0. The van der Waals surface area contributed by atoms with E-state index in [1.54, 1.807) is 12.4 Å². The molecule has 0 amide bonds. The molecule has 4 nitrogen and oxygen atoms in total. The zero-order valence-corrected chi connectivity index (χ0v) is 8.26. The number of rotatable bonds is 2. The van der Waals surface area contributed by atoms with Crippen LogP contribution >= 0.6 is 0 Å². The van der Waals surface area contributed by atoms with Crippen LogP contribution in [-0.4, -0.2) is 29.1 Å². The van der Waals surface area contributed by atoms with Gasteiger partial charge in [0.2, 0.25) is 5.95 Å². The highest BCUT2D eigenvalue weighted by Gasteiger charge is 2.22. The van der Waals surface area contributed by atoms with Crippen LogP contribution in [0.4, 0.5) is 5.95 Å². The van der Waals surface area contributed by atoms with Gasteiger partial charge in [0.1, 0.15) is 0 Å². The van der Waals surface area contributed by atoms with Gasteiger partial charge in [0.05, 0.1) is 0 Å². The summed E-state index contributed by atoms with van der Waals surface area (Å²) >= 11 is 0. The van der Waals surface area contributed by atoms with Crippen LogP contribution in [0, 0.1) is 0 Å². The third-order valence-electron chi connectivity index (χ3n) is 2.71. The average Bonchev–Trinajstić information content (AvgIpc) is 2.30. The zero-order chi connectivity index (χ0) is 9.80. The standard InChI is InChI=1S/C10H16N4/c11-8-9-4-1-2-7-14(9)10-12-5-3-6-13-10/h3,5-6,9H,1-2,4,7-8,11H2/t9-/m1/s1. The monoisotopic (exact) mass is 192 g/mol. The van der Waals surface area contributed by atoms with Gasteiger partial charge < -0.3 is 10.6 Å². The summed E-state index contributed by atoms with van der Waals surface area (Å²) < 4.78 is 0. The largest absolute Gasteiger partial charge is 0.337 e. The third kappa shape index (κ3) is 1.85. The van der Waals surface area contributed by atoms with Gasteiger partial charge >= 0.3 is 0 Å². The molecule has 0 spiro atoms. The minimum absolute atomic E-state index is 0.422. The fraction of sp³-hybridized carbons (Fsp3) is 0.600. The number of aromatic nitrogens is 2. The van der Waals surface area contributed by atoms with E-state index in [1.807, 2.05) is 6.07 Å². The first kappa shape index (κ1) is 9.40. The van der Waals surface area contributed by atoms with Crippen LogP contribution in [0.3, 0.4) is 0 Å². The Kier molecular flexibility index (Phi) is 2.93. The first-order valence-corrected chi connectivity index (χ1v) is 5.15. The zero-order valence-electron chi connectivity index (χ0n) is 8.26. The van der Waals surface area contributed by atoms with Crippen molar-refractivity contribution in [3.8, 4) is 0 Å². The van der Waals surface area contributed by atoms with Crippen LogP contribution < -0.4 is 10.6 Å². The van der Waals surface area contributed by atoms with Crippen molar-refractivity contribution in [2.24, 2.45) is 5.73 Å². The predicted molar refractivity (Wildman–Crippen MR) is 56.1 cm³/mol. The molecule has 14 heavy (non-hydrogen) atoms. The van der Waals surface area contributed by atoms with Crippen molar-refractivity contribution in [1.29, 1.82) is 0 Å². The maximum atomic E-state index is 5.73. The second kappa shape index (κ2) is 4.37. The van der Waals surface area contributed by atoms with Gasteiger partial charge in [-0.1, -0.05) is 0 Å². The van der Waals surface area contributed by atoms with Crippen molar-refractivity contribution in [1.82, 2.24) is 9.97 Å². The topological polar surface area (TPSA) is 55.0 Å². The van der Waals surface area contributed by atoms with E-state index < -0.39 is 0 Å². The van der Waals surface area contributed by atoms with Gasteiger partial charge in [-0.05, 0) is 25.3 Å². The van der Waals surface area contributed by atoms with E-state index >= 15 is 0 Å². The molecule has 2 N–H and O–H groups in total. The molecule has 0 aromatic carbocycles. The minimum Gasteiger partial charge on any atom is -0.337 e. The summed E-state index contributed by atoms with van der Waals surface area (Å²) in [6.07, 6.45) is 7.21. The molecule has 1 aliphatic rings. The van der Waals surface area contributed by atoms with E-state index in [2.05, 4.69) is 14.9 Å². The van der Waals surface area contributed by atoms with Crippen LogP contribution in [0.5, 0.6) is 0 Å². The maximum Gasteiger partial charge on any atom is 0.225 e. The van der Waals surface area contributed by atoms with Crippen molar-refractivity contribution in [3.63, 3.8) is 0 Å². The smallest absolute Gasteiger partial charge is 0.225 e. The van der Waals surface area contributed by atoms with E-state index in [0.29, 0.717) is 12.6 Å². The number of anilines is 1. The van der Waals surface area contributed by atoms with Crippen molar-refractivity contribution >= 4 is 5.95 Å². The summed E-state index contributed by atoms with van der Waals surface area (Å²) in [7, 11) is 0. The van der Waals surface area contributed by atoms with Crippen molar-refractivity contribution in [2.45, 2.75) is 25.3 Å². The van der Waals surface area contributed by atoms with Crippen LogP contribution in [0.1, 0.15) is 19.3 Å². The lowest BCUT2D eigenvalue weighted by Crippen LogP contribution is -2.45. The second-order valence-electron chi connectivity index (χ2n) is 3.63. The Hall–Kier alpha value is -1.16. The SMILES string of the molecule is NC[C@H]1CCCCN1c1ncccn1. The fourth-order valence-corrected chi connectivity index (χ4v) is 1.95. The first-order valence-electron chi connectivity index (χ1n) is 5.15. The van der Waals surface area contributed by atoms with Crippen LogP contribution in [0.25, 0.3) is 0 Å². The molecule has 2 heterocycles. The predicted octanol–water partition coefficient (Wildman–Crippen LogP) is 0.794. The van der Waals surface area contributed by atoms with Gasteiger partial charge in [0, 0.05) is 31.5 Å². The molecule has 0 radical (unpaired) electrons. The molecule has 0 aliphatic carbocycles. The molecular weight excluding hydrogens is 176 g/mol. The number of hydrogen-bond donors (Lipinski definition) is 1. The molecule has 1 saturated heterocycles. The molecule has 4 heteroatoms. The molecule has 1 aromatic rings. The molecule has 2 rings (SSSR count). The molecule has 1 fully saturated rings. The third-order valence-corrected chi connectivity index (χ3v) is 2.71. The summed E-state index contributed by atoms with van der Waals surface area (Å²) in [5.41, 5.74) is 5.73. The molecule has 0 bridgehead atoms. The van der Waals surface area contributed by atoms with Crippen molar-refractivity contribution < 1.29 is 0 Å². The molecule has 1 aromatic heterocycles. The summed E-state index contributed by atoms with van der Waals surface area (Å²) in [6, 6.07) is 2.26. The van der Waals surface area contributed by atoms with E-state index in [0.717, 1.165) is 18.9 Å². The molecule has 0 saturated carbocycles. The molecule has 0 unspecified atom stereocenters. The lowest BCUT2D eigenvalue weighted by Gasteiger charge is -2.34.